The molecule has 116 valence electrons. The van der Waals surface area contributed by atoms with Crippen LogP contribution in [0.25, 0.3) is 0 Å². The molecule has 0 fully saturated rings. The van der Waals surface area contributed by atoms with Gasteiger partial charge in [-0.2, -0.15) is 0 Å². The highest BCUT2D eigenvalue weighted by Gasteiger charge is 2.04. The van der Waals surface area contributed by atoms with Crippen molar-refractivity contribution in [2.24, 2.45) is 0 Å². The summed E-state index contributed by atoms with van der Waals surface area (Å²) in [5, 5.41) is 10.7. The van der Waals surface area contributed by atoms with Gasteiger partial charge in [0.25, 0.3) is 0 Å². The van der Waals surface area contributed by atoms with Crippen molar-refractivity contribution >= 4 is 5.91 Å². The van der Waals surface area contributed by atoms with Gasteiger partial charge in [-0.25, -0.2) is 0 Å². The van der Waals surface area contributed by atoms with Gasteiger partial charge in [-0.05, 0) is 32.3 Å². The second-order valence-corrected chi connectivity index (χ2v) is 5.23. The van der Waals surface area contributed by atoms with Crippen LogP contribution in [0.4, 0.5) is 0 Å². The van der Waals surface area contributed by atoms with Gasteiger partial charge in [-0.3, -0.25) is 4.79 Å². The Kier molecular flexibility index (Phi) is 5.89. The number of hydrogen-bond donors (Lipinski definition) is 1. The molecule has 0 atom stereocenters. The molecule has 0 aliphatic heterocycles. The van der Waals surface area contributed by atoms with E-state index >= 15 is 0 Å². The lowest BCUT2D eigenvalue weighted by molar-refractivity contribution is -0.116. The van der Waals surface area contributed by atoms with Gasteiger partial charge in [0.1, 0.15) is 6.33 Å². The molecule has 1 aromatic carbocycles. The highest BCUT2D eigenvalue weighted by atomic mass is 16.1. The number of nitrogens with one attached hydrogen (secondary N) is 1. The molecule has 1 heterocycles. The topological polar surface area (TPSA) is 59.8 Å². The molecule has 0 aliphatic rings. The summed E-state index contributed by atoms with van der Waals surface area (Å²) in [6, 6.07) is 10.3. The molecule has 1 amide bonds. The normalized spacial score (nSPS) is 11.5. The van der Waals surface area contributed by atoms with Crippen molar-refractivity contribution in [2.75, 3.05) is 0 Å². The maximum Gasteiger partial charge on any atom is 0.244 e. The molecule has 0 radical (unpaired) electrons. The standard InChI is InChI=1S/C17H22N4O/c1-3-21-13-19-20-16(21)12-18-17(22)11-14(2)9-10-15-7-5-4-6-8-15/h4-8,11,13H,3,9-10,12H2,1-2H3,(H,18,22). The third kappa shape index (κ3) is 4.84. The summed E-state index contributed by atoms with van der Waals surface area (Å²) in [5.41, 5.74) is 2.35. The Morgan fingerprint density at radius 1 is 1.32 bits per heavy atom. The fourth-order valence-corrected chi connectivity index (χ4v) is 2.18. The second kappa shape index (κ2) is 8.12. The van der Waals surface area contributed by atoms with Crippen molar-refractivity contribution in [3.63, 3.8) is 0 Å². The third-order valence-corrected chi connectivity index (χ3v) is 3.49. The number of carbonyl (C=O) groups excluding carboxylic acids is 1. The number of aromatic nitrogens is 3. The van der Waals surface area contributed by atoms with Crippen molar-refractivity contribution < 1.29 is 4.79 Å². The Morgan fingerprint density at radius 2 is 2.09 bits per heavy atom. The van der Waals surface area contributed by atoms with Gasteiger partial charge in [0.15, 0.2) is 5.82 Å². The number of carbonyl (C=O) groups is 1. The Morgan fingerprint density at radius 3 is 2.82 bits per heavy atom. The summed E-state index contributed by atoms with van der Waals surface area (Å²) in [4.78, 5) is 11.9. The molecule has 22 heavy (non-hydrogen) atoms. The average molecular weight is 298 g/mol. The number of benzene rings is 1. The van der Waals surface area contributed by atoms with Gasteiger partial charge in [0.2, 0.25) is 5.91 Å². The van der Waals surface area contributed by atoms with Crippen LogP contribution in [-0.2, 0) is 24.3 Å². The predicted octanol–water partition coefficient (Wildman–Crippen LogP) is 2.49. The lowest BCUT2D eigenvalue weighted by atomic mass is 10.1. The van der Waals surface area contributed by atoms with Crippen LogP contribution in [0.15, 0.2) is 48.3 Å². The summed E-state index contributed by atoms with van der Waals surface area (Å²) in [7, 11) is 0. The molecular formula is C17H22N4O. The van der Waals surface area contributed by atoms with Gasteiger partial charge in [0, 0.05) is 12.6 Å². The van der Waals surface area contributed by atoms with E-state index in [0.717, 1.165) is 30.8 Å². The predicted molar refractivity (Wildman–Crippen MR) is 86.1 cm³/mol. The molecule has 1 aromatic heterocycles. The summed E-state index contributed by atoms with van der Waals surface area (Å²) in [6.45, 7) is 5.19. The minimum absolute atomic E-state index is 0.0868. The molecule has 0 spiro atoms. The molecule has 5 nitrogen and oxygen atoms in total. The molecule has 2 aromatic rings. The van der Waals surface area contributed by atoms with Crippen LogP contribution in [0, 0.1) is 0 Å². The van der Waals surface area contributed by atoms with E-state index in [9.17, 15) is 4.79 Å². The zero-order valence-corrected chi connectivity index (χ0v) is 13.1. The van der Waals surface area contributed by atoms with Crippen molar-refractivity contribution in [1.29, 1.82) is 0 Å². The third-order valence-electron chi connectivity index (χ3n) is 3.49. The van der Waals surface area contributed by atoms with E-state index in [-0.39, 0.29) is 5.91 Å². The van der Waals surface area contributed by atoms with Crippen LogP contribution < -0.4 is 5.32 Å². The van der Waals surface area contributed by atoms with Gasteiger partial charge in [-0.15, -0.1) is 10.2 Å². The maximum atomic E-state index is 11.9. The molecule has 1 N–H and O–H groups in total. The number of hydrogen-bond acceptors (Lipinski definition) is 3. The molecular weight excluding hydrogens is 276 g/mol. The van der Waals surface area contributed by atoms with Crippen LogP contribution in [0.1, 0.15) is 31.7 Å². The van der Waals surface area contributed by atoms with E-state index in [1.54, 1.807) is 12.4 Å². The first-order chi connectivity index (χ1) is 10.7. The Balaban J connectivity index is 1.79. The van der Waals surface area contributed by atoms with Crippen LogP contribution >= 0.6 is 0 Å². The summed E-state index contributed by atoms with van der Waals surface area (Å²) >= 11 is 0. The zero-order valence-electron chi connectivity index (χ0n) is 13.1. The SMILES string of the molecule is CCn1cnnc1CNC(=O)C=C(C)CCc1ccccc1. The fourth-order valence-electron chi connectivity index (χ4n) is 2.18. The highest BCUT2D eigenvalue weighted by molar-refractivity contribution is 5.88. The van der Waals surface area contributed by atoms with Gasteiger partial charge >= 0.3 is 0 Å². The fraction of sp³-hybridized carbons (Fsp3) is 0.353. The number of nitrogens with zero attached hydrogens (tertiary/aromatic N) is 3. The number of allylic oxidation sites excluding steroid dienone is 1. The van der Waals surface area contributed by atoms with Crippen molar-refractivity contribution in [3.05, 3.63) is 59.7 Å². The van der Waals surface area contributed by atoms with Crippen LogP contribution in [0.3, 0.4) is 0 Å². The second-order valence-electron chi connectivity index (χ2n) is 5.23. The van der Waals surface area contributed by atoms with Crippen molar-refractivity contribution in [3.8, 4) is 0 Å². The quantitative estimate of drug-likeness (QED) is 0.799. The molecule has 0 saturated carbocycles. The molecule has 0 saturated heterocycles. The number of amides is 1. The van der Waals surface area contributed by atoms with Crippen molar-refractivity contribution in [1.82, 2.24) is 20.1 Å². The molecule has 0 unspecified atom stereocenters. The molecule has 2 rings (SSSR count). The first-order valence-electron chi connectivity index (χ1n) is 7.54. The largest absolute Gasteiger partial charge is 0.345 e. The smallest absolute Gasteiger partial charge is 0.244 e. The van der Waals surface area contributed by atoms with E-state index in [2.05, 4.69) is 27.6 Å². The molecule has 5 heteroatoms. The Labute approximate surface area is 131 Å². The number of rotatable bonds is 7. The first-order valence-corrected chi connectivity index (χ1v) is 7.54. The summed E-state index contributed by atoms with van der Waals surface area (Å²) in [5.74, 6) is 0.683. The maximum absolute atomic E-state index is 11.9. The van der Waals surface area contributed by atoms with Crippen LogP contribution in [0.2, 0.25) is 0 Å². The van der Waals surface area contributed by atoms with Crippen LogP contribution in [-0.4, -0.2) is 20.7 Å². The van der Waals surface area contributed by atoms with E-state index in [1.807, 2.05) is 36.6 Å². The van der Waals surface area contributed by atoms with Gasteiger partial charge in [0.05, 0.1) is 6.54 Å². The monoisotopic (exact) mass is 298 g/mol. The molecule has 0 bridgehead atoms. The minimum atomic E-state index is -0.0868. The van der Waals surface area contributed by atoms with Gasteiger partial charge in [-0.1, -0.05) is 35.9 Å². The van der Waals surface area contributed by atoms with Gasteiger partial charge < -0.3 is 9.88 Å². The summed E-state index contributed by atoms with van der Waals surface area (Å²) in [6.07, 6.45) is 5.15. The van der Waals surface area contributed by atoms with E-state index < -0.39 is 0 Å². The Hall–Kier alpha value is -2.43. The average Bonchev–Trinajstić information content (AvgIpc) is 2.99. The van der Waals surface area contributed by atoms with E-state index in [4.69, 9.17) is 0 Å². The first kappa shape index (κ1) is 15.9. The Bertz CT molecular complexity index is 631. The zero-order chi connectivity index (χ0) is 15.8. The van der Waals surface area contributed by atoms with E-state index in [0.29, 0.717) is 6.54 Å². The minimum Gasteiger partial charge on any atom is -0.345 e. The molecule has 0 aliphatic carbocycles. The lowest BCUT2D eigenvalue weighted by Gasteiger charge is -2.05. The summed E-state index contributed by atoms with van der Waals surface area (Å²) < 4.78 is 1.91. The van der Waals surface area contributed by atoms with Crippen LogP contribution in [0.5, 0.6) is 0 Å². The van der Waals surface area contributed by atoms with E-state index in [1.165, 1.54) is 5.56 Å². The number of aryl methyl sites for hydroxylation is 2. The highest BCUT2D eigenvalue weighted by Crippen LogP contribution is 2.08. The lowest BCUT2D eigenvalue weighted by Crippen LogP contribution is -2.23. The van der Waals surface area contributed by atoms with Crippen molar-refractivity contribution in [2.45, 2.75) is 39.8 Å².